The maximum atomic E-state index is 8.83. The highest BCUT2D eigenvalue weighted by Crippen LogP contribution is 2.08. The first-order valence-electron chi connectivity index (χ1n) is 4.49. The number of unbranched alkanes of at least 4 members (excludes halogenated alkanes) is 1. The normalized spacial score (nSPS) is 10.3. The van der Waals surface area contributed by atoms with Crippen molar-refractivity contribution in [2.75, 3.05) is 5.73 Å². The molecule has 0 aromatic carbocycles. The van der Waals surface area contributed by atoms with Crippen LogP contribution in [0.5, 0.6) is 0 Å². The molecule has 0 fully saturated rings. The van der Waals surface area contributed by atoms with Crippen LogP contribution in [0, 0.1) is 0 Å². The van der Waals surface area contributed by atoms with Crippen molar-refractivity contribution in [2.45, 2.75) is 32.8 Å². The zero-order valence-corrected chi connectivity index (χ0v) is 7.82. The van der Waals surface area contributed by atoms with E-state index in [1.165, 1.54) is 0 Å². The van der Waals surface area contributed by atoms with E-state index in [0.717, 1.165) is 25.1 Å². The second-order valence-corrected chi connectivity index (χ2v) is 2.96. The van der Waals surface area contributed by atoms with E-state index in [1.54, 1.807) is 6.20 Å². The lowest BCUT2D eigenvalue weighted by Gasteiger charge is -2.03. The van der Waals surface area contributed by atoms with Crippen LogP contribution >= 0.6 is 0 Å². The monoisotopic (exact) mass is 181 g/mol. The maximum absolute atomic E-state index is 8.83. The highest BCUT2D eigenvalue weighted by atomic mass is 16.3. The Bertz CT molecular complexity index is 276. The summed E-state index contributed by atoms with van der Waals surface area (Å²) in [6.45, 7) is 2.02. The van der Waals surface area contributed by atoms with Gasteiger partial charge in [-0.05, 0) is 6.42 Å². The van der Waals surface area contributed by atoms with Gasteiger partial charge in [-0.3, -0.25) is 0 Å². The molecule has 0 spiro atoms. The van der Waals surface area contributed by atoms with Crippen LogP contribution in [0.1, 0.15) is 31.2 Å². The molecular formula is C9H15N3O. The molecule has 3 N–H and O–H groups in total. The molecule has 1 heterocycles. The molecule has 4 nitrogen and oxygen atoms in total. The minimum Gasteiger partial charge on any atom is -0.391 e. The quantitative estimate of drug-likeness (QED) is 0.723. The standard InChI is InChI=1S/C9H15N3O/c1-2-3-4-8-11-5-7(6-13)9(10)12-8/h5,13H,2-4,6H2,1H3,(H2,10,11,12). The van der Waals surface area contributed by atoms with Crippen LogP contribution in [0.4, 0.5) is 5.82 Å². The smallest absolute Gasteiger partial charge is 0.132 e. The number of nitrogens with two attached hydrogens (primary N) is 1. The molecule has 0 bridgehead atoms. The molecule has 0 saturated carbocycles. The summed E-state index contributed by atoms with van der Waals surface area (Å²) in [7, 11) is 0. The number of aryl methyl sites for hydroxylation is 1. The van der Waals surface area contributed by atoms with Crippen LogP contribution < -0.4 is 5.73 Å². The van der Waals surface area contributed by atoms with Gasteiger partial charge in [0.2, 0.25) is 0 Å². The molecule has 0 saturated heterocycles. The van der Waals surface area contributed by atoms with Crippen molar-refractivity contribution >= 4 is 5.82 Å². The predicted octanol–water partition coefficient (Wildman–Crippen LogP) is 0.894. The minimum atomic E-state index is -0.0973. The van der Waals surface area contributed by atoms with Gasteiger partial charge in [0.1, 0.15) is 11.6 Å². The molecule has 0 aliphatic heterocycles. The first kappa shape index (κ1) is 9.92. The van der Waals surface area contributed by atoms with Crippen molar-refractivity contribution in [3.05, 3.63) is 17.6 Å². The first-order chi connectivity index (χ1) is 6.27. The number of rotatable bonds is 4. The van der Waals surface area contributed by atoms with Crippen LogP contribution in [0.25, 0.3) is 0 Å². The van der Waals surface area contributed by atoms with Gasteiger partial charge >= 0.3 is 0 Å². The largest absolute Gasteiger partial charge is 0.391 e. The van der Waals surface area contributed by atoms with Crippen molar-refractivity contribution in [3.63, 3.8) is 0 Å². The van der Waals surface area contributed by atoms with Crippen molar-refractivity contribution in [2.24, 2.45) is 0 Å². The Balaban J connectivity index is 2.71. The predicted molar refractivity (Wildman–Crippen MR) is 51.0 cm³/mol. The summed E-state index contributed by atoms with van der Waals surface area (Å²) >= 11 is 0. The third kappa shape index (κ3) is 2.66. The molecule has 1 aromatic rings. The van der Waals surface area contributed by atoms with Gasteiger partial charge in [0.15, 0.2) is 0 Å². The Morgan fingerprint density at radius 1 is 1.54 bits per heavy atom. The molecule has 1 aromatic heterocycles. The number of aliphatic hydroxyl groups excluding tert-OH is 1. The zero-order valence-electron chi connectivity index (χ0n) is 7.82. The molecule has 72 valence electrons. The molecule has 0 aliphatic carbocycles. The summed E-state index contributed by atoms with van der Waals surface area (Å²) < 4.78 is 0. The van der Waals surface area contributed by atoms with Crippen LogP contribution in [-0.4, -0.2) is 15.1 Å². The molecule has 4 heteroatoms. The minimum absolute atomic E-state index is 0.0973. The third-order valence-corrected chi connectivity index (χ3v) is 1.87. The summed E-state index contributed by atoms with van der Waals surface area (Å²) in [5.74, 6) is 1.15. The zero-order chi connectivity index (χ0) is 9.68. The highest BCUT2D eigenvalue weighted by molar-refractivity contribution is 5.36. The van der Waals surface area contributed by atoms with Gasteiger partial charge < -0.3 is 10.8 Å². The summed E-state index contributed by atoms with van der Waals surface area (Å²) in [4.78, 5) is 8.18. The van der Waals surface area contributed by atoms with Gasteiger partial charge in [0, 0.05) is 18.2 Å². The van der Waals surface area contributed by atoms with Crippen LogP contribution in [-0.2, 0) is 13.0 Å². The molecule has 0 atom stereocenters. The number of nitrogens with zero attached hydrogens (tertiary/aromatic N) is 2. The summed E-state index contributed by atoms with van der Waals surface area (Å²) in [5.41, 5.74) is 6.19. The van der Waals surface area contributed by atoms with Gasteiger partial charge in [-0.1, -0.05) is 13.3 Å². The van der Waals surface area contributed by atoms with Crippen LogP contribution in [0.3, 0.4) is 0 Å². The van der Waals surface area contributed by atoms with Crippen LogP contribution in [0.15, 0.2) is 6.20 Å². The fourth-order valence-electron chi connectivity index (χ4n) is 1.04. The van der Waals surface area contributed by atoms with Gasteiger partial charge in [0.05, 0.1) is 6.61 Å². The molecule has 1 rings (SSSR count). The molecular weight excluding hydrogens is 166 g/mol. The van der Waals surface area contributed by atoms with Gasteiger partial charge in [0.25, 0.3) is 0 Å². The molecule has 0 amide bonds. The SMILES string of the molecule is CCCCc1ncc(CO)c(N)n1. The lowest BCUT2D eigenvalue weighted by Crippen LogP contribution is -2.03. The molecule has 0 aliphatic rings. The fourth-order valence-corrected chi connectivity index (χ4v) is 1.04. The number of aliphatic hydroxyl groups is 1. The average molecular weight is 181 g/mol. The summed E-state index contributed by atoms with van der Waals surface area (Å²) in [5, 5.41) is 8.83. The van der Waals surface area contributed by atoms with E-state index < -0.39 is 0 Å². The number of hydrogen-bond donors (Lipinski definition) is 2. The highest BCUT2D eigenvalue weighted by Gasteiger charge is 2.02. The average Bonchev–Trinajstić information content (AvgIpc) is 2.15. The molecule has 0 unspecified atom stereocenters. The van der Waals surface area contributed by atoms with Crippen molar-refractivity contribution < 1.29 is 5.11 Å². The Morgan fingerprint density at radius 2 is 2.31 bits per heavy atom. The first-order valence-corrected chi connectivity index (χ1v) is 4.49. The lowest BCUT2D eigenvalue weighted by atomic mass is 10.2. The van der Waals surface area contributed by atoms with E-state index in [-0.39, 0.29) is 6.61 Å². The Morgan fingerprint density at radius 3 is 2.85 bits per heavy atom. The van der Waals surface area contributed by atoms with Gasteiger partial charge in [-0.2, -0.15) is 0 Å². The third-order valence-electron chi connectivity index (χ3n) is 1.87. The number of aromatic nitrogens is 2. The van der Waals surface area contributed by atoms with E-state index in [1.807, 2.05) is 0 Å². The molecule has 0 radical (unpaired) electrons. The lowest BCUT2D eigenvalue weighted by molar-refractivity contribution is 0.281. The van der Waals surface area contributed by atoms with E-state index in [2.05, 4.69) is 16.9 Å². The van der Waals surface area contributed by atoms with E-state index in [4.69, 9.17) is 10.8 Å². The van der Waals surface area contributed by atoms with Crippen molar-refractivity contribution in [3.8, 4) is 0 Å². The van der Waals surface area contributed by atoms with E-state index >= 15 is 0 Å². The van der Waals surface area contributed by atoms with E-state index in [9.17, 15) is 0 Å². The summed E-state index contributed by atoms with van der Waals surface area (Å²) in [6, 6.07) is 0. The fraction of sp³-hybridized carbons (Fsp3) is 0.556. The van der Waals surface area contributed by atoms with Crippen molar-refractivity contribution in [1.82, 2.24) is 9.97 Å². The Kier molecular flexibility index (Phi) is 3.64. The topological polar surface area (TPSA) is 72.0 Å². The number of anilines is 1. The Hall–Kier alpha value is -1.16. The Labute approximate surface area is 77.8 Å². The van der Waals surface area contributed by atoms with E-state index in [0.29, 0.717) is 11.4 Å². The second-order valence-electron chi connectivity index (χ2n) is 2.96. The number of hydrogen-bond acceptors (Lipinski definition) is 4. The van der Waals surface area contributed by atoms with Gasteiger partial charge in [-0.15, -0.1) is 0 Å². The second kappa shape index (κ2) is 4.77. The molecule has 13 heavy (non-hydrogen) atoms. The van der Waals surface area contributed by atoms with Crippen LogP contribution in [0.2, 0.25) is 0 Å². The maximum Gasteiger partial charge on any atom is 0.132 e. The van der Waals surface area contributed by atoms with Crippen molar-refractivity contribution in [1.29, 1.82) is 0 Å². The summed E-state index contributed by atoms with van der Waals surface area (Å²) in [6.07, 6.45) is 4.63. The number of nitrogen functional groups attached to an aromatic ring is 1. The van der Waals surface area contributed by atoms with Gasteiger partial charge in [-0.25, -0.2) is 9.97 Å².